The summed E-state index contributed by atoms with van der Waals surface area (Å²) >= 11 is 2.90. The number of aromatic nitrogens is 1. The minimum Gasteiger partial charge on any atom is -0.263 e. The van der Waals surface area contributed by atoms with Gasteiger partial charge < -0.3 is 0 Å². The summed E-state index contributed by atoms with van der Waals surface area (Å²) in [6.45, 7) is 0. The molecule has 0 radical (unpaired) electrons. The van der Waals surface area contributed by atoms with Crippen LogP contribution >= 0.6 is 15.9 Å². The summed E-state index contributed by atoms with van der Waals surface area (Å²) in [5.74, 6) is 0. The smallest absolute Gasteiger partial charge is 0.263 e. The van der Waals surface area contributed by atoms with E-state index in [0.717, 1.165) is 6.20 Å². The van der Waals surface area contributed by atoms with Crippen LogP contribution in [0.3, 0.4) is 0 Å². The molecule has 1 aromatic heterocycles. The number of nitriles is 1. The topological polar surface area (TPSA) is 36.7 Å². The molecule has 1 rings (SSSR count). The lowest BCUT2D eigenvalue weighted by Crippen LogP contribution is -1.91. The predicted molar refractivity (Wildman–Crippen MR) is 41.6 cm³/mol. The lowest BCUT2D eigenvalue weighted by Gasteiger charge is -2.02. The van der Waals surface area contributed by atoms with Crippen molar-refractivity contribution in [1.82, 2.24) is 4.98 Å². The molecule has 0 atom stereocenters. The molecule has 62 valence electrons. The van der Waals surface area contributed by atoms with Gasteiger partial charge >= 0.3 is 0 Å². The van der Waals surface area contributed by atoms with Gasteiger partial charge in [-0.1, -0.05) is 0 Å². The summed E-state index contributed by atoms with van der Waals surface area (Å²) in [5, 5.41) is 8.46. The maximum atomic E-state index is 12.2. The van der Waals surface area contributed by atoms with Crippen LogP contribution in [0.15, 0.2) is 16.9 Å². The molecule has 0 fully saturated rings. The van der Waals surface area contributed by atoms with Gasteiger partial charge in [0.1, 0.15) is 6.07 Å². The number of hydrogen-bond donors (Lipinski definition) is 0. The van der Waals surface area contributed by atoms with E-state index in [1.807, 2.05) is 0 Å². The van der Waals surface area contributed by atoms with E-state index in [1.54, 1.807) is 6.07 Å². The zero-order valence-corrected chi connectivity index (χ0v) is 7.35. The highest BCUT2D eigenvalue weighted by Gasteiger charge is 2.14. The van der Waals surface area contributed by atoms with Crippen molar-refractivity contribution in [1.29, 1.82) is 5.26 Å². The maximum absolute atomic E-state index is 12.2. The fourth-order valence-corrected chi connectivity index (χ4v) is 1.16. The molecule has 0 aliphatic carbocycles. The van der Waals surface area contributed by atoms with Crippen molar-refractivity contribution in [3.63, 3.8) is 0 Å². The van der Waals surface area contributed by atoms with Crippen LogP contribution in [-0.2, 0) is 0 Å². The molecule has 0 spiro atoms. The fraction of sp³-hybridized carbons (Fsp3) is 0.143. The van der Waals surface area contributed by atoms with Gasteiger partial charge in [-0.15, -0.1) is 0 Å². The molecule has 0 bridgehead atoms. The average molecular weight is 233 g/mol. The van der Waals surface area contributed by atoms with E-state index in [-0.39, 0.29) is 15.6 Å². The summed E-state index contributed by atoms with van der Waals surface area (Å²) in [5.41, 5.74) is -0.137. The van der Waals surface area contributed by atoms with Crippen LogP contribution < -0.4 is 0 Å². The lowest BCUT2D eigenvalue weighted by molar-refractivity contribution is 0.150. The molecule has 0 amide bonds. The van der Waals surface area contributed by atoms with Gasteiger partial charge in [0.2, 0.25) is 0 Å². The Bertz CT molecular complexity index is 333. The normalized spacial score (nSPS) is 9.92. The van der Waals surface area contributed by atoms with Crippen LogP contribution in [0.1, 0.15) is 17.6 Å². The van der Waals surface area contributed by atoms with Crippen LogP contribution in [0.25, 0.3) is 0 Å². The van der Waals surface area contributed by atoms with Crippen LogP contribution in [0, 0.1) is 11.3 Å². The summed E-state index contributed by atoms with van der Waals surface area (Å²) < 4.78 is 24.4. The molecule has 0 saturated carbocycles. The van der Waals surface area contributed by atoms with Crippen LogP contribution in [0.2, 0.25) is 0 Å². The number of nitrogens with zero attached hydrogens (tertiary/aromatic N) is 2. The quantitative estimate of drug-likeness (QED) is 0.747. The summed E-state index contributed by atoms with van der Waals surface area (Å²) in [6, 6.07) is 1.75. The Labute approximate surface area is 76.0 Å². The Hall–Kier alpha value is -1.02. The highest BCUT2D eigenvalue weighted by atomic mass is 79.9. The molecule has 0 unspecified atom stereocenters. The highest BCUT2D eigenvalue weighted by molar-refractivity contribution is 9.10. The van der Waals surface area contributed by atoms with Gasteiger partial charge in [0.05, 0.1) is 11.1 Å². The van der Waals surface area contributed by atoms with E-state index in [1.165, 1.54) is 6.20 Å². The maximum Gasteiger partial charge on any atom is 0.266 e. The van der Waals surface area contributed by atoms with Gasteiger partial charge in [-0.3, -0.25) is 4.98 Å². The molecule has 0 aromatic carbocycles. The second-order valence-electron chi connectivity index (χ2n) is 2.00. The van der Waals surface area contributed by atoms with Gasteiger partial charge in [0.15, 0.2) is 0 Å². The summed E-state index contributed by atoms with van der Waals surface area (Å²) in [7, 11) is 0. The second-order valence-corrected chi connectivity index (χ2v) is 2.80. The van der Waals surface area contributed by atoms with Crippen molar-refractivity contribution in [2.75, 3.05) is 0 Å². The van der Waals surface area contributed by atoms with E-state index in [0.29, 0.717) is 0 Å². The first-order valence-corrected chi connectivity index (χ1v) is 3.77. The first-order valence-electron chi connectivity index (χ1n) is 2.98. The monoisotopic (exact) mass is 232 g/mol. The largest absolute Gasteiger partial charge is 0.266 e. The Kier molecular flexibility index (Phi) is 2.71. The van der Waals surface area contributed by atoms with Gasteiger partial charge in [-0.2, -0.15) is 5.26 Å². The van der Waals surface area contributed by atoms with E-state index in [2.05, 4.69) is 20.9 Å². The van der Waals surface area contributed by atoms with E-state index >= 15 is 0 Å². The first kappa shape index (κ1) is 9.07. The average Bonchev–Trinajstić information content (AvgIpc) is 2.04. The molecule has 0 saturated heterocycles. The number of alkyl halides is 2. The third-order valence-corrected chi connectivity index (χ3v) is 2.15. The van der Waals surface area contributed by atoms with Crippen LogP contribution in [-0.4, -0.2) is 4.98 Å². The van der Waals surface area contributed by atoms with Gasteiger partial charge in [-0.25, -0.2) is 8.78 Å². The van der Waals surface area contributed by atoms with Gasteiger partial charge in [0.25, 0.3) is 6.43 Å². The summed E-state index contributed by atoms with van der Waals surface area (Å²) in [6.07, 6.45) is -0.342. The fourth-order valence-electron chi connectivity index (χ4n) is 0.691. The molecule has 2 nitrogen and oxygen atoms in total. The minimum atomic E-state index is -2.61. The van der Waals surface area contributed by atoms with Crippen LogP contribution in [0.5, 0.6) is 0 Å². The third-order valence-electron chi connectivity index (χ3n) is 1.26. The van der Waals surface area contributed by atoms with E-state index in [9.17, 15) is 8.78 Å². The molecular formula is C7H3BrF2N2. The number of rotatable bonds is 1. The van der Waals surface area contributed by atoms with Gasteiger partial charge in [-0.05, 0) is 15.9 Å². The zero-order valence-electron chi connectivity index (χ0n) is 5.76. The van der Waals surface area contributed by atoms with E-state index in [4.69, 9.17) is 5.26 Å². The molecule has 1 aromatic rings. The predicted octanol–water partition coefficient (Wildman–Crippen LogP) is 2.65. The number of hydrogen-bond acceptors (Lipinski definition) is 2. The lowest BCUT2D eigenvalue weighted by atomic mass is 10.2. The van der Waals surface area contributed by atoms with Crippen molar-refractivity contribution >= 4 is 15.9 Å². The third kappa shape index (κ3) is 1.59. The minimum absolute atomic E-state index is 0.118. The zero-order chi connectivity index (χ0) is 9.14. The van der Waals surface area contributed by atoms with Crippen molar-refractivity contribution in [2.45, 2.75) is 6.43 Å². The number of pyridine rings is 1. The molecule has 0 aliphatic heterocycles. The molecule has 12 heavy (non-hydrogen) atoms. The Balaban J connectivity index is 3.25. The van der Waals surface area contributed by atoms with Crippen LogP contribution in [0.4, 0.5) is 8.78 Å². The van der Waals surface area contributed by atoms with Gasteiger partial charge in [0, 0.05) is 16.9 Å². The molecular weight excluding hydrogens is 230 g/mol. The standard InChI is InChI=1S/C7H3BrF2N2/c8-6-4(1-11)2-12-3-5(6)7(9)10/h2-3,7H. The Morgan fingerprint density at radius 2 is 2.17 bits per heavy atom. The molecule has 0 aliphatic rings. The first-order chi connectivity index (χ1) is 5.66. The molecule has 1 heterocycles. The highest BCUT2D eigenvalue weighted by Crippen LogP contribution is 2.28. The molecule has 5 heteroatoms. The van der Waals surface area contributed by atoms with E-state index < -0.39 is 6.43 Å². The Morgan fingerprint density at radius 1 is 1.50 bits per heavy atom. The SMILES string of the molecule is N#Cc1cncc(C(F)F)c1Br. The second kappa shape index (κ2) is 3.59. The van der Waals surface area contributed by atoms with Crippen molar-refractivity contribution < 1.29 is 8.78 Å². The van der Waals surface area contributed by atoms with Crippen molar-refractivity contribution in [2.24, 2.45) is 0 Å². The summed E-state index contributed by atoms with van der Waals surface area (Å²) in [4.78, 5) is 3.51. The van der Waals surface area contributed by atoms with Crippen molar-refractivity contribution in [3.05, 3.63) is 28.0 Å². The number of halogens is 3. The Morgan fingerprint density at radius 3 is 2.67 bits per heavy atom. The molecule has 0 N–H and O–H groups in total. The van der Waals surface area contributed by atoms with Crippen molar-refractivity contribution in [3.8, 4) is 6.07 Å².